The van der Waals surface area contributed by atoms with Crippen LogP contribution < -0.4 is 10.6 Å². The summed E-state index contributed by atoms with van der Waals surface area (Å²) in [4.78, 5) is 47.3. The summed E-state index contributed by atoms with van der Waals surface area (Å²) in [5.41, 5.74) is 0. The smallest absolute Gasteiger partial charge is 0.318 e. The highest BCUT2D eigenvalue weighted by Gasteiger charge is 2.33. The Hall–Kier alpha value is -2.12. The first-order chi connectivity index (χ1) is 9.97. The van der Waals surface area contributed by atoms with E-state index in [1.807, 2.05) is 0 Å². The van der Waals surface area contributed by atoms with Crippen molar-refractivity contribution < 1.29 is 24.3 Å². The molecule has 2 rings (SSSR count). The van der Waals surface area contributed by atoms with Gasteiger partial charge in [-0.3, -0.25) is 19.7 Å². The second-order valence-electron chi connectivity index (χ2n) is 5.39. The highest BCUT2D eigenvalue weighted by molar-refractivity contribution is 6.01. The maximum absolute atomic E-state index is 12.2. The van der Waals surface area contributed by atoms with Crippen LogP contribution in [0.3, 0.4) is 0 Å². The summed E-state index contributed by atoms with van der Waals surface area (Å²) >= 11 is 0. The molecule has 0 radical (unpaired) electrons. The first-order valence-electron chi connectivity index (χ1n) is 7.10. The van der Waals surface area contributed by atoms with Gasteiger partial charge < -0.3 is 15.3 Å². The number of carboxylic acid groups (broad SMARTS) is 1. The lowest BCUT2D eigenvalue weighted by molar-refractivity contribution is -0.139. The Morgan fingerprint density at radius 2 is 2.05 bits per heavy atom. The molecule has 2 fully saturated rings. The Morgan fingerprint density at radius 1 is 1.29 bits per heavy atom. The van der Waals surface area contributed by atoms with Gasteiger partial charge in [0.25, 0.3) is 0 Å². The minimum atomic E-state index is -0.944. The molecule has 2 heterocycles. The van der Waals surface area contributed by atoms with Crippen molar-refractivity contribution in [2.24, 2.45) is 0 Å². The summed E-state index contributed by atoms with van der Waals surface area (Å²) in [5, 5.41) is 13.7. The lowest BCUT2D eigenvalue weighted by Gasteiger charge is -2.36. The van der Waals surface area contributed by atoms with Gasteiger partial charge in [-0.1, -0.05) is 0 Å². The minimum Gasteiger partial charge on any atom is -0.481 e. The van der Waals surface area contributed by atoms with Gasteiger partial charge in [0.1, 0.15) is 6.04 Å². The molecule has 0 bridgehead atoms. The Morgan fingerprint density at radius 3 is 2.71 bits per heavy atom. The molecule has 0 spiro atoms. The zero-order valence-electron chi connectivity index (χ0n) is 11.6. The van der Waals surface area contributed by atoms with E-state index in [9.17, 15) is 19.2 Å². The number of nitrogens with zero attached hydrogens (tertiary/aromatic N) is 1. The molecule has 0 aromatic heterocycles. The highest BCUT2D eigenvalue weighted by atomic mass is 16.4. The van der Waals surface area contributed by atoms with E-state index in [1.54, 1.807) is 0 Å². The van der Waals surface area contributed by atoms with Crippen molar-refractivity contribution in [3.63, 3.8) is 0 Å². The molecular weight excluding hydrogens is 278 g/mol. The van der Waals surface area contributed by atoms with Crippen molar-refractivity contribution >= 4 is 23.8 Å². The number of carbonyl (C=O) groups excluding carboxylic acids is 3. The molecule has 2 aliphatic rings. The fourth-order valence-electron chi connectivity index (χ4n) is 2.74. The Kier molecular flexibility index (Phi) is 4.77. The van der Waals surface area contributed by atoms with E-state index < -0.39 is 23.9 Å². The van der Waals surface area contributed by atoms with Gasteiger partial charge in [0.15, 0.2) is 0 Å². The molecule has 4 amide bonds. The molecule has 2 atom stereocenters. The predicted octanol–water partition coefficient (Wildman–Crippen LogP) is -0.170. The van der Waals surface area contributed by atoms with Gasteiger partial charge in [-0.2, -0.15) is 0 Å². The van der Waals surface area contributed by atoms with Gasteiger partial charge in [-0.25, -0.2) is 4.79 Å². The van der Waals surface area contributed by atoms with E-state index in [-0.39, 0.29) is 31.2 Å². The normalized spacial score (nSPS) is 26.2. The van der Waals surface area contributed by atoms with Crippen LogP contribution in [0.4, 0.5) is 4.79 Å². The molecule has 8 nitrogen and oxygen atoms in total. The zero-order chi connectivity index (χ0) is 15.4. The van der Waals surface area contributed by atoms with Crippen LogP contribution in [0, 0.1) is 0 Å². The third-order valence-corrected chi connectivity index (χ3v) is 3.84. The summed E-state index contributed by atoms with van der Waals surface area (Å²) in [5.74, 6) is -1.79. The van der Waals surface area contributed by atoms with Crippen molar-refractivity contribution in [1.82, 2.24) is 15.5 Å². The summed E-state index contributed by atoms with van der Waals surface area (Å²) in [6, 6.07) is -1.51. The van der Waals surface area contributed by atoms with Crippen molar-refractivity contribution in [3.05, 3.63) is 0 Å². The Labute approximate surface area is 121 Å². The third-order valence-electron chi connectivity index (χ3n) is 3.84. The molecule has 2 saturated heterocycles. The summed E-state index contributed by atoms with van der Waals surface area (Å²) in [6.45, 7) is 0.483. The monoisotopic (exact) mass is 297 g/mol. The number of carboxylic acids is 1. The fraction of sp³-hybridized carbons (Fsp3) is 0.692. The first-order valence-corrected chi connectivity index (χ1v) is 7.10. The average Bonchev–Trinajstić information content (AvgIpc) is 2.42. The van der Waals surface area contributed by atoms with E-state index in [1.165, 1.54) is 4.90 Å². The zero-order valence-corrected chi connectivity index (χ0v) is 11.6. The van der Waals surface area contributed by atoms with Crippen LogP contribution in [-0.2, 0) is 14.4 Å². The Bertz CT molecular complexity index is 465. The number of hydrogen-bond acceptors (Lipinski definition) is 4. The van der Waals surface area contributed by atoms with Crippen LogP contribution in [0.1, 0.15) is 38.5 Å². The van der Waals surface area contributed by atoms with Crippen molar-refractivity contribution in [3.8, 4) is 0 Å². The van der Waals surface area contributed by atoms with Crippen LogP contribution in [0.15, 0.2) is 0 Å². The minimum absolute atomic E-state index is 0.0945. The topological polar surface area (TPSA) is 116 Å². The van der Waals surface area contributed by atoms with Crippen LogP contribution in [0.5, 0.6) is 0 Å². The molecule has 2 aliphatic heterocycles. The quantitative estimate of drug-likeness (QED) is 0.625. The van der Waals surface area contributed by atoms with Gasteiger partial charge in [-0.15, -0.1) is 0 Å². The van der Waals surface area contributed by atoms with Crippen LogP contribution >= 0.6 is 0 Å². The van der Waals surface area contributed by atoms with Crippen LogP contribution in [-0.4, -0.2) is 52.4 Å². The summed E-state index contributed by atoms with van der Waals surface area (Å²) in [6.07, 6.45) is 2.72. The van der Waals surface area contributed by atoms with Gasteiger partial charge in [-0.05, 0) is 25.7 Å². The molecular formula is C13H19N3O5. The van der Waals surface area contributed by atoms with Crippen LogP contribution in [0.2, 0.25) is 0 Å². The maximum Gasteiger partial charge on any atom is 0.318 e. The second-order valence-corrected chi connectivity index (χ2v) is 5.39. The molecule has 0 aromatic rings. The van der Waals surface area contributed by atoms with E-state index in [0.29, 0.717) is 13.0 Å². The van der Waals surface area contributed by atoms with E-state index in [0.717, 1.165) is 12.8 Å². The molecule has 0 aromatic carbocycles. The van der Waals surface area contributed by atoms with E-state index in [2.05, 4.69) is 10.6 Å². The van der Waals surface area contributed by atoms with Gasteiger partial charge in [0, 0.05) is 19.0 Å². The number of nitrogens with one attached hydrogen (secondary N) is 2. The van der Waals surface area contributed by atoms with Crippen molar-refractivity contribution in [2.45, 2.75) is 50.6 Å². The predicted molar refractivity (Wildman–Crippen MR) is 71.3 cm³/mol. The molecule has 0 aliphatic carbocycles. The number of rotatable bonds is 3. The maximum atomic E-state index is 12.2. The molecule has 0 saturated carbocycles. The molecule has 8 heteroatoms. The summed E-state index contributed by atoms with van der Waals surface area (Å²) in [7, 11) is 0. The summed E-state index contributed by atoms with van der Waals surface area (Å²) < 4.78 is 0. The number of aliphatic carboxylic acids is 1. The first kappa shape index (κ1) is 15.3. The van der Waals surface area contributed by atoms with Crippen molar-refractivity contribution in [1.29, 1.82) is 0 Å². The lowest BCUT2D eigenvalue weighted by Crippen LogP contribution is -2.57. The lowest BCUT2D eigenvalue weighted by atomic mass is 9.99. The fourth-order valence-corrected chi connectivity index (χ4v) is 2.74. The second kappa shape index (κ2) is 6.55. The number of piperidine rings is 2. The number of likely N-dealkylation sites (tertiary alicyclic amines) is 1. The van der Waals surface area contributed by atoms with Gasteiger partial charge in [0.2, 0.25) is 11.8 Å². The number of carbonyl (C=O) groups is 4. The Balaban J connectivity index is 1.95. The van der Waals surface area contributed by atoms with Gasteiger partial charge >= 0.3 is 12.0 Å². The molecule has 21 heavy (non-hydrogen) atoms. The van der Waals surface area contributed by atoms with Crippen LogP contribution in [0.25, 0.3) is 0 Å². The standard InChI is InChI=1S/C13H19N3O5/c17-10-5-4-9(12(20)15-10)14-13(21)16-6-2-1-3-8(16)7-11(18)19/h8-9H,1-7H2,(H,14,21)(H,18,19)(H,15,17,20). The number of imide groups is 1. The molecule has 2 unspecified atom stereocenters. The number of amides is 4. The molecule has 116 valence electrons. The number of hydrogen-bond donors (Lipinski definition) is 3. The number of urea groups is 1. The largest absolute Gasteiger partial charge is 0.481 e. The molecule has 3 N–H and O–H groups in total. The van der Waals surface area contributed by atoms with Gasteiger partial charge in [0.05, 0.1) is 6.42 Å². The average molecular weight is 297 g/mol. The van der Waals surface area contributed by atoms with E-state index in [4.69, 9.17) is 5.11 Å². The third kappa shape index (κ3) is 3.93. The SMILES string of the molecule is O=C(O)CC1CCCCN1C(=O)NC1CCC(=O)NC1=O. The highest BCUT2D eigenvalue weighted by Crippen LogP contribution is 2.20. The van der Waals surface area contributed by atoms with E-state index >= 15 is 0 Å². The van der Waals surface area contributed by atoms with Crippen molar-refractivity contribution in [2.75, 3.05) is 6.54 Å².